The van der Waals surface area contributed by atoms with Crippen LogP contribution in [-0.4, -0.2) is 22.5 Å². The van der Waals surface area contributed by atoms with Crippen LogP contribution in [0.15, 0.2) is 42.6 Å². The van der Waals surface area contributed by atoms with Gasteiger partial charge < -0.3 is 14.6 Å². The monoisotopic (exact) mass is 340 g/mol. The number of aromatic nitrogens is 1. The van der Waals surface area contributed by atoms with E-state index < -0.39 is 35.4 Å². The number of carbonyl (C=O) groups excluding carboxylic acids is 2. The summed E-state index contributed by atoms with van der Waals surface area (Å²) in [6.45, 7) is 1.28. The number of alkyl halides is 3. The summed E-state index contributed by atoms with van der Waals surface area (Å²) >= 11 is 0. The molecule has 1 N–H and O–H groups in total. The molecule has 1 aromatic heterocycles. The van der Waals surface area contributed by atoms with Crippen LogP contribution in [0.3, 0.4) is 0 Å². The highest BCUT2D eigenvalue weighted by molar-refractivity contribution is 5.97. The van der Waals surface area contributed by atoms with E-state index in [1.807, 2.05) is 0 Å². The second-order valence-electron chi connectivity index (χ2n) is 5.08. The maximum absolute atomic E-state index is 12.9. The molecule has 0 bridgehead atoms. The number of amides is 1. The molecule has 2 aromatic rings. The normalized spacial score (nSPS) is 12.5. The molecule has 0 aliphatic rings. The Morgan fingerprint density at radius 2 is 1.83 bits per heavy atom. The fourth-order valence-electron chi connectivity index (χ4n) is 2.02. The lowest BCUT2D eigenvalue weighted by molar-refractivity contribution is -0.137. The highest BCUT2D eigenvalue weighted by atomic mass is 19.4. The Morgan fingerprint density at radius 1 is 1.17 bits per heavy atom. The summed E-state index contributed by atoms with van der Waals surface area (Å²) in [4.78, 5) is 23.9. The Hall–Kier alpha value is -2.77. The number of aryl methyl sites for hydroxylation is 1. The average molecular weight is 340 g/mol. The van der Waals surface area contributed by atoms with Gasteiger partial charge in [-0.25, -0.2) is 4.79 Å². The number of benzene rings is 1. The average Bonchev–Trinajstić information content (AvgIpc) is 2.92. The van der Waals surface area contributed by atoms with E-state index in [0.29, 0.717) is 0 Å². The molecule has 24 heavy (non-hydrogen) atoms. The Kier molecular flexibility index (Phi) is 4.96. The lowest BCUT2D eigenvalue weighted by Gasteiger charge is -2.17. The number of rotatable bonds is 4. The number of anilines is 1. The zero-order chi connectivity index (χ0) is 17.9. The van der Waals surface area contributed by atoms with Gasteiger partial charge in [0.2, 0.25) is 0 Å². The van der Waals surface area contributed by atoms with Crippen LogP contribution in [0.4, 0.5) is 18.9 Å². The predicted molar refractivity (Wildman–Crippen MR) is 80.4 cm³/mol. The number of hydrogen-bond donors (Lipinski definition) is 1. The van der Waals surface area contributed by atoms with E-state index in [-0.39, 0.29) is 5.69 Å². The fourth-order valence-corrected chi connectivity index (χ4v) is 2.02. The molecule has 1 heterocycles. The van der Waals surface area contributed by atoms with Crippen molar-refractivity contribution in [2.75, 3.05) is 5.32 Å². The number of carbonyl (C=O) groups is 2. The highest BCUT2D eigenvalue weighted by Crippen LogP contribution is 2.34. The van der Waals surface area contributed by atoms with Crippen molar-refractivity contribution in [1.29, 1.82) is 0 Å². The summed E-state index contributed by atoms with van der Waals surface area (Å²) in [6.07, 6.45) is -4.23. The number of hydrogen-bond acceptors (Lipinski definition) is 3. The van der Waals surface area contributed by atoms with E-state index in [1.54, 1.807) is 19.3 Å². The van der Waals surface area contributed by atoms with Crippen LogP contribution in [0.1, 0.15) is 23.0 Å². The van der Waals surface area contributed by atoms with Gasteiger partial charge in [0.25, 0.3) is 5.91 Å². The minimum Gasteiger partial charge on any atom is -0.448 e. The van der Waals surface area contributed by atoms with Crippen molar-refractivity contribution in [3.05, 3.63) is 53.9 Å². The third-order valence-electron chi connectivity index (χ3n) is 3.30. The first-order valence-corrected chi connectivity index (χ1v) is 6.99. The first-order valence-electron chi connectivity index (χ1n) is 6.99. The molecule has 128 valence electrons. The summed E-state index contributed by atoms with van der Waals surface area (Å²) in [6, 6.07) is 7.71. The van der Waals surface area contributed by atoms with Crippen LogP contribution in [0.5, 0.6) is 0 Å². The van der Waals surface area contributed by atoms with Gasteiger partial charge in [0.05, 0.1) is 11.3 Å². The smallest absolute Gasteiger partial charge is 0.418 e. The van der Waals surface area contributed by atoms with Crippen LogP contribution in [0.2, 0.25) is 0 Å². The molecule has 0 spiro atoms. The zero-order valence-corrected chi connectivity index (χ0v) is 12.9. The zero-order valence-electron chi connectivity index (χ0n) is 12.9. The van der Waals surface area contributed by atoms with Crippen LogP contribution in [0.25, 0.3) is 0 Å². The molecule has 1 aromatic carbocycles. The van der Waals surface area contributed by atoms with Crippen LogP contribution in [-0.2, 0) is 22.8 Å². The van der Waals surface area contributed by atoms with Crippen LogP contribution >= 0.6 is 0 Å². The Balaban J connectivity index is 2.08. The van der Waals surface area contributed by atoms with Crippen molar-refractivity contribution >= 4 is 17.6 Å². The minimum atomic E-state index is -4.60. The van der Waals surface area contributed by atoms with Crippen molar-refractivity contribution in [2.45, 2.75) is 19.2 Å². The second-order valence-corrected chi connectivity index (χ2v) is 5.08. The lowest BCUT2D eigenvalue weighted by Crippen LogP contribution is -2.31. The number of para-hydroxylation sites is 1. The van der Waals surface area contributed by atoms with Gasteiger partial charge in [-0.1, -0.05) is 12.1 Å². The molecule has 0 aliphatic heterocycles. The summed E-state index contributed by atoms with van der Waals surface area (Å²) < 4.78 is 45.2. The lowest BCUT2D eigenvalue weighted by atomic mass is 10.1. The Bertz CT molecular complexity index is 753. The van der Waals surface area contributed by atoms with Crippen molar-refractivity contribution in [3.63, 3.8) is 0 Å². The molecule has 2 rings (SSSR count). The molecule has 0 saturated carbocycles. The molecule has 8 heteroatoms. The van der Waals surface area contributed by atoms with E-state index in [0.717, 1.165) is 12.1 Å². The van der Waals surface area contributed by atoms with Gasteiger partial charge in [-0.2, -0.15) is 13.2 Å². The molecule has 0 aliphatic carbocycles. The van der Waals surface area contributed by atoms with E-state index in [4.69, 9.17) is 4.74 Å². The molecule has 1 amide bonds. The molecular weight excluding hydrogens is 325 g/mol. The van der Waals surface area contributed by atoms with E-state index >= 15 is 0 Å². The molecule has 0 radical (unpaired) electrons. The number of ether oxygens (including phenoxy) is 1. The Labute approximate surface area is 136 Å². The van der Waals surface area contributed by atoms with Gasteiger partial charge in [-0.05, 0) is 31.2 Å². The summed E-state index contributed by atoms with van der Waals surface area (Å²) in [7, 11) is 1.63. The van der Waals surface area contributed by atoms with Gasteiger partial charge in [-0.3, -0.25) is 4.79 Å². The van der Waals surface area contributed by atoms with Gasteiger partial charge in [0.15, 0.2) is 6.10 Å². The van der Waals surface area contributed by atoms with E-state index in [9.17, 15) is 22.8 Å². The maximum atomic E-state index is 12.9. The summed E-state index contributed by atoms with van der Waals surface area (Å²) in [5, 5.41) is 2.14. The van der Waals surface area contributed by atoms with E-state index in [2.05, 4.69) is 5.32 Å². The topological polar surface area (TPSA) is 60.3 Å². The molecule has 0 fully saturated rings. The number of esters is 1. The van der Waals surface area contributed by atoms with Crippen molar-refractivity contribution in [3.8, 4) is 0 Å². The molecular formula is C16H15F3N2O3. The van der Waals surface area contributed by atoms with Gasteiger partial charge in [0, 0.05) is 13.2 Å². The quantitative estimate of drug-likeness (QED) is 0.870. The fraction of sp³-hybridized carbons (Fsp3) is 0.250. The standard InChI is InChI=1S/C16H15F3N2O3/c1-10(24-15(23)13-8-5-9-21(13)2)14(22)20-12-7-4-3-6-11(12)16(17,18)19/h3-10H,1-2H3,(H,20,22)/t10-/m0/s1. The summed E-state index contributed by atoms with van der Waals surface area (Å²) in [5.74, 6) is -1.59. The predicted octanol–water partition coefficient (Wildman–Crippen LogP) is 3.23. The maximum Gasteiger partial charge on any atom is 0.418 e. The molecule has 0 saturated heterocycles. The third-order valence-corrected chi connectivity index (χ3v) is 3.30. The SMILES string of the molecule is C[C@H](OC(=O)c1cccn1C)C(=O)Nc1ccccc1C(F)(F)F. The number of nitrogens with one attached hydrogen (secondary N) is 1. The largest absolute Gasteiger partial charge is 0.448 e. The van der Waals surface area contributed by atoms with Crippen LogP contribution in [0, 0.1) is 0 Å². The van der Waals surface area contributed by atoms with Crippen LogP contribution < -0.4 is 5.32 Å². The first kappa shape index (κ1) is 17.6. The third kappa shape index (κ3) is 3.95. The van der Waals surface area contributed by atoms with Gasteiger partial charge >= 0.3 is 12.1 Å². The minimum absolute atomic E-state index is 0.227. The van der Waals surface area contributed by atoms with Crippen molar-refractivity contribution < 1.29 is 27.5 Å². The van der Waals surface area contributed by atoms with Crippen molar-refractivity contribution in [2.24, 2.45) is 7.05 Å². The van der Waals surface area contributed by atoms with E-state index in [1.165, 1.54) is 29.7 Å². The van der Waals surface area contributed by atoms with Gasteiger partial charge in [0.1, 0.15) is 5.69 Å². The number of halogens is 3. The second kappa shape index (κ2) is 6.77. The Morgan fingerprint density at radius 3 is 2.42 bits per heavy atom. The highest BCUT2D eigenvalue weighted by Gasteiger charge is 2.34. The molecule has 0 unspecified atom stereocenters. The first-order chi connectivity index (χ1) is 11.2. The molecule has 1 atom stereocenters. The number of nitrogens with zero attached hydrogens (tertiary/aromatic N) is 1. The summed E-state index contributed by atoms with van der Waals surface area (Å²) in [5.41, 5.74) is -1.14. The van der Waals surface area contributed by atoms with Gasteiger partial charge in [-0.15, -0.1) is 0 Å². The molecule has 5 nitrogen and oxygen atoms in total. The van der Waals surface area contributed by atoms with Crippen molar-refractivity contribution in [1.82, 2.24) is 4.57 Å².